The maximum Gasteiger partial charge on any atom is 0.234 e. The van der Waals surface area contributed by atoms with Crippen molar-refractivity contribution in [3.63, 3.8) is 0 Å². The standard InChI is InChI=1S/C27H28N6OS/c34-25(29-24-10-8-22(9-11-24)18-32-16-4-5-17-32)20-35-27-31-30-26(23-12-14-28-15-13-23)33(27)19-21-6-2-1-3-7-21/h1-3,6-15H,4-5,16-20H2,(H,29,34). The third-order valence-electron chi connectivity index (χ3n) is 6.01. The number of amides is 1. The number of nitrogens with zero attached hydrogens (tertiary/aromatic N) is 5. The van der Waals surface area contributed by atoms with Gasteiger partial charge in [0, 0.05) is 30.2 Å². The molecule has 0 atom stereocenters. The molecule has 3 heterocycles. The molecule has 4 aromatic rings. The molecule has 7 nitrogen and oxygen atoms in total. The lowest BCUT2D eigenvalue weighted by atomic mass is 10.2. The molecule has 178 valence electrons. The molecule has 1 fully saturated rings. The minimum Gasteiger partial charge on any atom is -0.325 e. The van der Waals surface area contributed by atoms with Crippen LogP contribution in [0.3, 0.4) is 0 Å². The van der Waals surface area contributed by atoms with Crippen LogP contribution in [0.15, 0.2) is 84.3 Å². The summed E-state index contributed by atoms with van der Waals surface area (Å²) in [5, 5.41) is 12.5. The van der Waals surface area contributed by atoms with Gasteiger partial charge in [-0.2, -0.15) is 0 Å². The van der Waals surface area contributed by atoms with Gasteiger partial charge in [0.05, 0.1) is 12.3 Å². The largest absolute Gasteiger partial charge is 0.325 e. The van der Waals surface area contributed by atoms with Gasteiger partial charge in [-0.05, 0) is 61.3 Å². The van der Waals surface area contributed by atoms with Gasteiger partial charge in [-0.15, -0.1) is 10.2 Å². The molecule has 0 bridgehead atoms. The third kappa shape index (κ3) is 6.15. The van der Waals surface area contributed by atoms with Crippen LogP contribution >= 0.6 is 11.8 Å². The highest BCUT2D eigenvalue weighted by atomic mass is 32.2. The van der Waals surface area contributed by atoms with E-state index in [2.05, 4.69) is 54.2 Å². The summed E-state index contributed by atoms with van der Waals surface area (Å²) in [6.45, 7) is 3.94. The number of hydrogen-bond donors (Lipinski definition) is 1. The van der Waals surface area contributed by atoms with E-state index in [1.165, 1.54) is 43.3 Å². The predicted molar refractivity (Wildman–Crippen MR) is 139 cm³/mol. The molecule has 2 aromatic heterocycles. The molecular formula is C27H28N6OS. The van der Waals surface area contributed by atoms with Gasteiger partial charge in [-0.3, -0.25) is 19.2 Å². The number of carbonyl (C=O) groups excluding carboxylic acids is 1. The number of carbonyl (C=O) groups is 1. The molecule has 1 aliphatic rings. The molecule has 1 saturated heterocycles. The topological polar surface area (TPSA) is 75.9 Å². The summed E-state index contributed by atoms with van der Waals surface area (Å²) in [5.41, 5.74) is 4.16. The number of benzene rings is 2. The van der Waals surface area contributed by atoms with Gasteiger partial charge in [0.2, 0.25) is 5.91 Å². The summed E-state index contributed by atoms with van der Waals surface area (Å²) in [7, 11) is 0. The van der Waals surface area contributed by atoms with Gasteiger partial charge >= 0.3 is 0 Å². The van der Waals surface area contributed by atoms with Crippen LogP contribution < -0.4 is 5.32 Å². The second kappa shape index (κ2) is 11.3. The summed E-state index contributed by atoms with van der Waals surface area (Å²) < 4.78 is 2.05. The summed E-state index contributed by atoms with van der Waals surface area (Å²) >= 11 is 1.39. The first-order chi connectivity index (χ1) is 17.2. The molecule has 1 N–H and O–H groups in total. The van der Waals surface area contributed by atoms with Crippen molar-refractivity contribution in [2.75, 3.05) is 24.2 Å². The second-order valence-corrected chi connectivity index (χ2v) is 9.57. The Morgan fingerprint density at radius 1 is 0.857 bits per heavy atom. The number of rotatable bonds is 9. The Labute approximate surface area is 209 Å². The van der Waals surface area contributed by atoms with E-state index in [9.17, 15) is 4.79 Å². The Morgan fingerprint density at radius 2 is 1.57 bits per heavy atom. The number of pyridine rings is 1. The van der Waals surface area contributed by atoms with Crippen LogP contribution in [-0.4, -0.2) is 49.4 Å². The van der Waals surface area contributed by atoms with E-state index in [1.54, 1.807) is 12.4 Å². The smallest absolute Gasteiger partial charge is 0.234 e. The fraction of sp³-hybridized carbons (Fsp3) is 0.259. The van der Waals surface area contributed by atoms with Crippen molar-refractivity contribution >= 4 is 23.4 Å². The van der Waals surface area contributed by atoms with Crippen molar-refractivity contribution in [2.45, 2.75) is 31.1 Å². The fourth-order valence-electron chi connectivity index (χ4n) is 4.24. The summed E-state index contributed by atoms with van der Waals surface area (Å²) in [5.74, 6) is 0.938. The summed E-state index contributed by atoms with van der Waals surface area (Å²) in [6.07, 6.45) is 6.06. The van der Waals surface area contributed by atoms with Crippen molar-refractivity contribution in [1.82, 2.24) is 24.6 Å². The average Bonchev–Trinajstić information content (AvgIpc) is 3.55. The lowest BCUT2D eigenvalue weighted by molar-refractivity contribution is -0.113. The molecule has 0 aliphatic carbocycles. The molecule has 35 heavy (non-hydrogen) atoms. The van der Waals surface area contributed by atoms with E-state index in [-0.39, 0.29) is 11.7 Å². The van der Waals surface area contributed by atoms with Crippen molar-refractivity contribution in [2.24, 2.45) is 0 Å². The van der Waals surface area contributed by atoms with Crippen LogP contribution in [0.2, 0.25) is 0 Å². The lowest BCUT2D eigenvalue weighted by Crippen LogP contribution is -2.18. The first-order valence-electron chi connectivity index (χ1n) is 11.9. The molecule has 5 rings (SSSR count). The first-order valence-corrected chi connectivity index (χ1v) is 12.8. The van der Waals surface area contributed by atoms with Crippen LogP contribution in [0.25, 0.3) is 11.4 Å². The first kappa shape index (κ1) is 23.3. The number of hydrogen-bond acceptors (Lipinski definition) is 6. The molecule has 2 aromatic carbocycles. The maximum atomic E-state index is 12.7. The molecule has 0 saturated carbocycles. The second-order valence-electron chi connectivity index (χ2n) is 8.63. The van der Waals surface area contributed by atoms with Crippen LogP contribution in [0.5, 0.6) is 0 Å². The van der Waals surface area contributed by atoms with Crippen molar-refractivity contribution in [1.29, 1.82) is 0 Å². The van der Waals surface area contributed by atoms with Crippen molar-refractivity contribution in [3.05, 3.63) is 90.3 Å². The average molecular weight is 485 g/mol. The third-order valence-corrected chi connectivity index (χ3v) is 6.98. The Balaban J connectivity index is 1.24. The van der Waals surface area contributed by atoms with Gasteiger partial charge in [0.1, 0.15) is 0 Å². The van der Waals surface area contributed by atoms with Crippen molar-refractivity contribution in [3.8, 4) is 11.4 Å². The zero-order valence-electron chi connectivity index (χ0n) is 19.5. The van der Waals surface area contributed by atoms with E-state index in [0.717, 1.165) is 29.2 Å². The maximum absolute atomic E-state index is 12.7. The van der Waals surface area contributed by atoms with Gasteiger partial charge in [-0.25, -0.2) is 0 Å². The van der Waals surface area contributed by atoms with Crippen LogP contribution in [0, 0.1) is 0 Å². The van der Waals surface area contributed by atoms with E-state index in [0.29, 0.717) is 11.7 Å². The van der Waals surface area contributed by atoms with E-state index in [1.807, 2.05) is 42.5 Å². The van der Waals surface area contributed by atoms with Gasteiger partial charge in [0.15, 0.2) is 11.0 Å². The molecule has 1 amide bonds. The van der Waals surface area contributed by atoms with Crippen LogP contribution in [-0.2, 0) is 17.9 Å². The predicted octanol–water partition coefficient (Wildman–Crippen LogP) is 4.72. The normalized spacial score (nSPS) is 13.7. The summed E-state index contributed by atoms with van der Waals surface area (Å²) in [4.78, 5) is 19.3. The van der Waals surface area contributed by atoms with Gasteiger partial charge in [0.25, 0.3) is 0 Å². The monoisotopic (exact) mass is 484 g/mol. The van der Waals surface area contributed by atoms with E-state index in [4.69, 9.17) is 0 Å². The lowest BCUT2D eigenvalue weighted by Gasteiger charge is -2.14. The fourth-order valence-corrected chi connectivity index (χ4v) is 4.98. The molecular weight excluding hydrogens is 456 g/mol. The zero-order valence-corrected chi connectivity index (χ0v) is 20.3. The Kier molecular flexibility index (Phi) is 7.50. The highest BCUT2D eigenvalue weighted by Crippen LogP contribution is 2.25. The minimum atomic E-state index is -0.0676. The van der Waals surface area contributed by atoms with Crippen LogP contribution in [0.4, 0.5) is 5.69 Å². The quantitative estimate of drug-likeness (QED) is 0.347. The molecule has 0 radical (unpaired) electrons. The Bertz CT molecular complexity index is 1240. The summed E-state index contributed by atoms with van der Waals surface area (Å²) in [6, 6.07) is 22.2. The Hall–Kier alpha value is -3.49. The number of nitrogens with one attached hydrogen (secondary N) is 1. The van der Waals surface area contributed by atoms with E-state index >= 15 is 0 Å². The van der Waals surface area contributed by atoms with Gasteiger partial charge < -0.3 is 5.32 Å². The molecule has 8 heteroatoms. The SMILES string of the molecule is O=C(CSc1nnc(-c2ccncc2)n1Cc1ccccc1)Nc1ccc(CN2CCCC2)cc1. The highest BCUT2D eigenvalue weighted by molar-refractivity contribution is 7.99. The number of aromatic nitrogens is 4. The Morgan fingerprint density at radius 3 is 2.31 bits per heavy atom. The zero-order chi connectivity index (χ0) is 23.9. The number of thioether (sulfide) groups is 1. The number of likely N-dealkylation sites (tertiary alicyclic amines) is 1. The molecule has 0 spiro atoms. The highest BCUT2D eigenvalue weighted by Gasteiger charge is 2.16. The minimum absolute atomic E-state index is 0.0676. The number of anilines is 1. The van der Waals surface area contributed by atoms with Crippen LogP contribution in [0.1, 0.15) is 24.0 Å². The molecule has 1 aliphatic heterocycles. The van der Waals surface area contributed by atoms with Crippen molar-refractivity contribution < 1.29 is 4.79 Å². The molecule has 0 unspecified atom stereocenters. The van der Waals surface area contributed by atoms with E-state index < -0.39 is 0 Å². The van der Waals surface area contributed by atoms with Gasteiger partial charge in [-0.1, -0.05) is 54.2 Å².